The molecular formula is C22H29N3O3. The number of anilines is 1. The van der Waals surface area contributed by atoms with E-state index < -0.39 is 6.04 Å². The minimum atomic E-state index is -0.552. The molecular weight excluding hydrogens is 354 g/mol. The van der Waals surface area contributed by atoms with Gasteiger partial charge in [0.05, 0.1) is 0 Å². The molecule has 1 aromatic rings. The molecule has 3 aliphatic heterocycles. The average molecular weight is 383 g/mol. The molecule has 0 aliphatic carbocycles. The summed E-state index contributed by atoms with van der Waals surface area (Å²) >= 11 is 0. The Morgan fingerprint density at radius 1 is 1.04 bits per heavy atom. The molecule has 3 amide bonds. The highest BCUT2D eigenvalue weighted by Gasteiger charge is 2.39. The number of benzene rings is 1. The number of amides is 3. The van der Waals surface area contributed by atoms with Gasteiger partial charge in [0.1, 0.15) is 6.04 Å². The predicted octanol–water partition coefficient (Wildman–Crippen LogP) is 2.71. The van der Waals surface area contributed by atoms with Gasteiger partial charge >= 0.3 is 0 Å². The van der Waals surface area contributed by atoms with Crippen LogP contribution in [0.15, 0.2) is 18.2 Å². The van der Waals surface area contributed by atoms with Crippen LogP contribution in [0.3, 0.4) is 0 Å². The summed E-state index contributed by atoms with van der Waals surface area (Å²) in [5.41, 5.74) is 3.16. The van der Waals surface area contributed by atoms with Gasteiger partial charge in [0, 0.05) is 37.3 Å². The van der Waals surface area contributed by atoms with Gasteiger partial charge in [-0.25, -0.2) is 0 Å². The van der Waals surface area contributed by atoms with Crippen molar-refractivity contribution in [1.29, 1.82) is 0 Å². The lowest BCUT2D eigenvalue weighted by atomic mass is 9.75. The van der Waals surface area contributed by atoms with Crippen LogP contribution in [-0.2, 0) is 16.1 Å². The molecule has 4 rings (SSSR count). The largest absolute Gasteiger partial charge is 0.372 e. The lowest BCUT2D eigenvalue weighted by Gasteiger charge is -2.39. The van der Waals surface area contributed by atoms with Gasteiger partial charge in [-0.3, -0.25) is 19.7 Å². The van der Waals surface area contributed by atoms with Gasteiger partial charge in [-0.1, -0.05) is 20.8 Å². The Morgan fingerprint density at radius 3 is 2.39 bits per heavy atom. The number of carbonyl (C=O) groups excluding carboxylic acids is 3. The van der Waals surface area contributed by atoms with Gasteiger partial charge in [-0.2, -0.15) is 0 Å². The molecule has 2 fully saturated rings. The Balaban J connectivity index is 1.47. The van der Waals surface area contributed by atoms with Crippen molar-refractivity contribution in [3.8, 4) is 0 Å². The number of hydrogen-bond donors (Lipinski definition) is 1. The fourth-order valence-electron chi connectivity index (χ4n) is 4.76. The summed E-state index contributed by atoms with van der Waals surface area (Å²) in [5.74, 6) is 0.0125. The highest BCUT2D eigenvalue weighted by Crippen LogP contribution is 2.37. The third-order valence-corrected chi connectivity index (χ3v) is 6.59. The summed E-state index contributed by atoms with van der Waals surface area (Å²) in [6.07, 6.45) is 3.05. The van der Waals surface area contributed by atoms with E-state index in [1.807, 2.05) is 12.1 Å². The quantitative estimate of drug-likeness (QED) is 0.798. The molecule has 3 aliphatic rings. The Bertz CT molecular complexity index is 819. The smallest absolute Gasteiger partial charge is 0.255 e. The topological polar surface area (TPSA) is 69.7 Å². The second-order valence-electron chi connectivity index (χ2n) is 9.37. The predicted molar refractivity (Wildman–Crippen MR) is 107 cm³/mol. The molecule has 6 nitrogen and oxygen atoms in total. The van der Waals surface area contributed by atoms with Crippen molar-refractivity contribution in [2.45, 2.75) is 59.0 Å². The zero-order valence-corrected chi connectivity index (χ0v) is 17.0. The van der Waals surface area contributed by atoms with Crippen molar-refractivity contribution in [2.24, 2.45) is 11.3 Å². The molecule has 28 heavy (non-hydrogen) atoms. The number of nitrogens with one attached hydrogen (secondary N) is 1. The zero-order chi connectivity index (χ0) is 20.1. The van der Waals surface area contributed by atoms with Crippen LogP contribution in [0, 0.1) is 11.3 Å². The van der Waals surface area contributed by atoms with E-state index in [4.69, 9.17) is 0 Å². The molecule has 1 unspecified atom stereocenters. The molecule has 1 atom stereocenters. The molecule has 0 saturated carbocycles. The van der Waals surface area contributed by atoms with Crippen LogP contribution < -0.4 is 10.2 Å². The maximum Gasteiger partial charge on any atom is 0.255 e. The summed E-state index contributed by atoms with van der Waals surface area (Å²) in [6, 6.07) is 5.48. The Morgan fingerprint density at radius 2 is 1.75 bits per heavy atom. The van der Waals surface area contributed by atoms with Crippen LogP contribution in [-0.4, -0.2) is 41.8 Å². The van der Waals surface area contributed by atoms with Crippen molar-refractivity contribution in [2.75, 3.05) is 18.0 Å². The third-order valence-electron chi connectivity index (χ3n) is 6.59. The van der Waals surface area contributed by atoms with Crippen molar-refractivity contribution in [3.05, 3.63) is 29.3 Å². The Labute approximate surface area is 166 Å². The van der Waals surface area contributed by atoms with Crippen LogP contribution >= 0.6 is 0 Å². The monoisotopic (exact) mass is 383 g/mol. The van der Waals surface area contributed by atoms with Crippen molar-refractivity contribution >= 4 is 23.4 Å². The maximum absolute atomic E-state index is 12.8. The highest BCUT2D eigenvalue weighted by molar-refractivity contribution is 6.05. The van der Waals surface area contributed by atoms with Gasteiger partial charge in [0.15, 0.2) is 0 Å². The van der Waals surface area contributed by atoms with Crippen molar-refractivity contribution in [3.63, 3.8) is 0 Å². The van der Waals surface area contributed by atoms with Gasteiger partial charge < -0.3 is 9.80 Å². The average Bonchev–Trinajstić information content (AvgIpc) is 2.97. The lowest BCUT2D eigenvalue weighted by molar-refractivity contribution is -0.136. The number of piperidine rings is 2. The van der Waals surface area contributed by atoms with E-state index in [-0.39, 0.29) is 24.1 Å². The normalized spacial score (nSPS) is 23.8. The first kappa shape index (κ1) is 19.0. The fourth-order valence-corrected chi connectivity index (χ4v) is 4.76. The molecule has 1 N–H and O–H groups in total. The molecule has 0 radical (unpaired) electrons. The molecule has 3 heterocycles. The third kappa shape index (κ3) is 3.40. The van der Waals surface area contributed by atoms with E-state index in [0.29, 0.717) is 23.9 Å². The van der Waals surface area contributed by atoms with E-state index in [1.54, 1.807) is 4.90 Å². The summed E-state index contributed by atoms with van der Waals surface area (Å²) in [6.45, 7) is 9.46. The van der Waals surface area contributed by atoms with Gasteiger partial charge in [-0.15, -0.1) is 0 Å². The molecule has 0 aromatic heterocycles. The fraction of sp³-hybridized carbons (Fsp3) is 0.591. The van der Waals surface area contributed by atoms with E-state index in [0.717, 1.165) is 30.3 Å². The van der Waals surface area contributed by atoms with Crippen LogP contribution in [0.2, 0.25) is 0 Å². The van der Waals surface area contributed by atoms with E-state index in [2.05, 4.69) is 37.1 Å². The van der Waals surface area contributed by atoms with Gasteiger partial charge in [0.25, 0.3) is 5.91 Å². The maximum atomic E-state index is 12.8. The van der Waals surface area contributed by atoms with E-state index in [9.17, 15) is 14.4 Å². The van der Waals surface area contributed by atoms with Crippen LogP contribution in [0.4, 0.5) is 5.69 Å². The Hall–Kier alpha value is -2.37. The highest BCUT2D eigenvalue weighted by atomic mass is 16.2. The van der Waals surface area contributed by atoms with Crippen LogP contribution in [0.5, 0.6) is 0 Å². The lowest BCUT2D eigenvalue weighted by Crippen LogP contribution is -2.52. The summed E-state index contributed by atoms with van der Waals surface area (Å²) in [7, 11) is 0. The molecule has 2 saturated heterocycles. The standard InChI is InChI=1S/C22H29N3O3/c1-22(2,3)15-8-10-24(11-9-15)16-4-5-17-14(12-16)13-25(21(17)28)18-6-7-19(26)23-20(18)27/h4-5,12,15,18H,6-11,13H2,1-3H3,(H,23,26,27). The minimum Gasteiger partial charge on any atom is -0.372 e. The second kappa shape index (κ2) is 6.90. The number of hydrogen-bond acceptors (Lipinski definition) is 4. The van der Waals surface area contributed by atoms with Crippen LogP contribution in [0.1, 0.15) is 62.4 Å². The van der Waals surface area contributed by atoms with Crippen molar-refractivity contribution < 1.29 is 14.4 Å². The Kier molecular flexibility index (Phi) is 4.68. The first-order valence-electron chi connectivity index (χ1n) is 10.3. The van der Waals surface area contributed by atoms with Gasteiger partial charge in [0.2, 0.25) is 11.8 Å². The molecule has 0 spiro atoms. The van der Waals surface area contributed by atoms with Crippen LogP contribution in [0.25, 0.3) is 0 Å². The summed E-state index contributed by atoms with van der Waals surface area (Å²) in [5, 5.41) is 2.35. The van der Waals surface area contributed by atoms with Gasteiger partial charge in [-0.05, 0) is 54.4 Å². The number of rotatable bonds is 2. The summed E-state index contributed by atoms with van der Waals surface area (Å²) < 4.78 is 0. The number of fused-ring (bicyclic) bond motifs is 1. The number of carbonyl (C=O) groups is 3. The minimum absolute atomic E-state index is 0.109. The SMILES string of the molecule is CC(C)(C)C1CCN(c2ccc3c(c2)CN(C2CCC(=O)NC2=O)C3=O)CC1. The molecule has 0 bridgehead atoms. The zero-order valence-electron chi connectivity index (χ0n) is 17.0. The van der Waals surface area contributed by atoms with E-state index in [1.165, 1.54) is 12.8 Å². The molecule has 150 valence electrons. The first-order valence-corrected chi connectivity index (χ1v) is 10.3. The first-order chi connectivity index (χ1) is 13.2. The number of nitrogens with zero attached hydrogens (tertiary/aromatic N) is 2. The second-order valence-corrected chi connectivity index (χ2v) is 9.37. The molecule has 6 heteroatoms. The van der Waals surface area contributed by atoms with E-state index >= 15 is 0 Å². The van der Waals surface area contributed by atoms with Crippen molar-refractivity contribution in [1.82, 2.24) is 10.2 Å². The molecule has 1 aromatic carbocycles. The number of imide groups is 1. The summed E-state index contributed by atoms with van der Waals surface area (Å²) in [4.78, 5) is 40.4.